The molecule has 3 N–H and O–H groups in total. The fourth-order valence-corrected chi connectivity index (χ4v) is 5.63. The number of alkyl halides is 3. The number of phenols is 1. The van der Waals surface area contributed by atoms with Crippen molar-refractivity contribution in [3.05, 3.63) is 24.3 Å². The standard InChI is InChI=1S/C23H31F3N2O3/c24-23(25,26)22(31)12-7-17(8-13-22)27-20(30)28(18-2-1-3-19(29)14-18)15-21-9-4-16(5-10-21)6-11-21/h1-3,14,16-17,29,31H,4-13,15H2,(H,27,30). The number of nitrogens with zero attached hydrogens (tertiary/aromatic N) is 1. The largest absolute Gasteiger partial charge is 0.508 e. The Bertz CT molecular complexity index is 784. The van der Waals surface area contributed by atoms with E-state index in [1.807, 2.05) is 0 Å². The lowest BCUT2D eigenvalue weighted by Gasteiger charge is -2.48. The highest BCUT2D eigenvalue weighted by atomic mass is 19.4. The molecule has 0 radical (unpaired) electrons. The van der Waals surface area contributed by atoms with Crippen molar-refractivity contribution in [2.45, 2.75) is 82.0 Å². The van der Waals surface area contributed by atoms with Crippen molar-refractivity contribution >= 4 is 11.7 Å². The molecule has 0 atom stereocenters. The monoisotopic (exact) mass is 440 g/mol. The number of urea groups is 1. The van der Waals surface area contributed by atoms with Crippen LogP contribution in [0.4, 0.5) is 23.7 Å². The summed E-state index contributed by atoms with van der Waals surface area (Å²) in [7, 11) is 0. The smallest absolute Gasteiger partial charge is 0.417 e. The average Bonchev–Trinajstić information content (AvgIpc) is 2.74. The Hall–Kier alpha value is -1.96. The fraction of sp³-hybridized carbons (Fsp3) is 0.696. The number of anilines is 1. The molecule has 0 aliphatic heterocycles. The lowest BCUT2D eigenvalue weighted by atomic mass is 9.60. The van der Waals surface area contributed by atoms with Gasteiger partial charge in [-0.25, -0.2) is 4.79 Å². The summed E-state index contributed by atoms with van der Waals surface area (Å²) in [4.78, 5) is 14.9. The van der Waals surface area contributed by atoms with Gasteiger partial charge in [-0.15, -0.1) is 0 Å². The molecule has 4 saturated carbocycles. The van der Waals surface area contributed by atoms with Gasteiger partial charge in [-0.05, 0) is 87.7 Å². The molecule has 1 aromatic carbocycles. The minimum atomic E-state index is -4.66. The number of halogens is 3. The number of aromatic hydroxyl groups is 1. The van der Waals surface area contributed by atoms with Crippen LogP contribution in [0.3, 0.4) is 0 Å². The van der Waals surface area contributed by atoms with Gasteiger partial charge in [-0.3, -0.25) is 4.90 Å². The van der Waals surface area contributed by atoms with E-state index >= 15 is 0 Å². The molecule has 172 valence electrons. The predicted octanol–water partition coefficient (Wildman–Crippen LogP) is 5.11. The third kappa shape index (κ3) is 4.64. The van der Waals surface area contributed by atoms with Gasteiger partial charge in [-0.2, -0.15) is 13.2 Å². The molecule has 1 aromatic rings. The molecule has 5 nitrogen and oxygen atoms in total. The Morgan fingerprint density at radius 2 is 1.68 bits per heavy atom. The molecule has 4 fully saturated rings. The summed E-state index contributed by atoms with van der Waals surface area (Å²) in [6, 6.07) is 5.78. The second-order valence-corrected chi connectivity index (χ2v) is 9.84. The van der Waals surface area contributed by atoms with Gasteiger partial charge in [0, 0.05) is 24.3 Å². The van der Waals surface area contributed by atoms with Crippen LogP contribution in [0.15, 0.2) is 24.3 Å². The molecule has 0 heterocycles. The number of hydrogen-bond donors (Lipinski definition) is 3. The van der Waals surface area contributed by atoms with Crippen LogP contribution in [0, 0.1) is 11.3 Å². The third-order valence-electron chi connectivity index (χ3n) is 7.80. The van der Waals surface area contributed by atoms with Gasteiger partial charge in [0.05, 0.1) is 0 Å². The van der Waals surface area contributed by atoms with Gasteiger partial charge in [0.2, 0.25) is 0 Å². The number of amides is 2. The van der Waals surface area contributed by atoms with Gasteiger partial charge in [0.1, 0.15) is 5.75 Å². The zero-order valence-electron chi connectivity index (χ0n) is 17.6. The highest BCUT2D eigenvalue weighted by molar-refractivity contribution is 5.92. The average molecular weight is 441 g/mol. The minimum Gasteiger partial charge on any atom is -0.508 e. The van der Waals surface area contributed by atoms with Crippen LogP contribution in [0.25, 0.3) is 0 Å². The maximum atomic E-state index is 13.3. The SMILES string of the molecule is O=C(NC1CCC(O)(C(F)(F)F)CC1)N(CC12CCC(CC1)CC2)c1cccc(O)c1. The first-order valence-corrected chi connectivity index (χ1v) is 11.3. The highest BCUT2D eigenvalue weighted by Crippen LogP contribution is 2.51. The van der Waals surface area contributed by atoms with Crippen LogP contribution in [0.2, 0.25) is 0 Å². The number of aliphatic hydroxyl groups is 1. The number of nitrogens with one attached hydrogen (secondary N) is 1. The second kappa shape index (κ2) is 8.19. The Morgan fingerprint density at radius 3 is 2.23 bits per heavy atom. The highest BCUT2D eigenvalue weighted by Gasteiger charge is 2.54. The molecular weight excluding hydrogens is 409 g/mol. The van der Waals surface area contributed by atoms with Crippen molar-refractivity contribution in [1.82, 2.24) is 5.32 Å². The van der Waals surface area contributed by atoms with Crippen molar-refractivity contribution in [3.8, 4) is 5.75 Å². The molecule has 4 aliphatic rings. The van der Waals surface area contributed by atoms with Crippen LogP contribution >= 0.6 is 0 Å². The number of fused-ring (bicyclic) bond motifs is 3. The van der Waals surface area contributed by atoms with Crippen LogP contribution in [0.1, 0.15) is 64.2 Å². The minimum absolute atomic E-state index is 0.0562. The Kier molecular flexibility index (Phi) is 5.87. The van der Waals surface area contributed by atoms with E-state index in [1.165, 1.54) is 19.3 Å². The number of phenolic OH excluding ortho intramolecular Hbond substituents is 1. The lowest BCUT2D eigenvalue weighted by molar-refractivity contribution is -0.270. The van der Waals surface area contributed by atoms with Crippen molar-refractivity contribution in [2.24, 2.45) is 11.3 Å². The van der Waals surface area contributed by atoms with Gasteiger partial charge in [-0.1, -0.05) is 6.07 Å². The van der Waals surface area contributed by atoms with Gasteiger partial charge >= 0.3 is 12.2 Å². The second-order valence-electron chi connectivity index (χ2n) is 9.84. The summed E-state index contributed by atoms with van der Waals surface area (Å²) in [6.07, 6.45) is 1.39. The summed E-state index contributed by atoms with van der Waals surface area (Å²) in [5.74, 6) is 0.854. The Labute approximate surface area is 180 Å². The maximum absolute atomic E-state index is 13.3. The van der Waals surface area contributed by atoms with Crippen LogP contribution in [-0.2, 0) is 0 Å². The van der Waals surface area contributed by atoms with Crippen LogP contribution in [0.5, 0.6) is 5.75 Å². The summed E-state index contributed by atoms with van der Waals surface area (Å²) in [5.41, 5.74) is -2.03. The van der Waals surface area contributed by atoms with Crippen LogP contribution in [-0.4, -0.2) is 40.6 Å². The van der Waals surface area contributed by atoms with E-state index < -0.39 is 30.7 Å². The van der Waals surface area contributed by atoms with E-state index in [-0.39, 0.29) is 30.0 Å². The maximum Gasteiger partial charge on any atom is 0.417 e. The molecule has 0 aromatic heterocycles. The van der Waals surface area contributed by atoms with Crippen molar-refractivity contribution in [1.29, 1.82) is 0 Å². The zero-order chi connectivity index (χ0) is 22.3. The normalized spacial score (nSPS) is 33.2. The van der Waals surface area contributed by atoms with Gasteiger partial charge in [0.15, 0.2) is 5.60 Å². The molecule has 8 heteroatoms. The number of hydrogen-bond acceptors (Lipinski definition) is 3. The molecule has 31 heavy (non-hydrogen) atoms. The van der Waals surface area contributed by atoms with Crippen molar-refractivity contribution in [3.63, 3.8) is 0 Å². The number of benzene rings is 1. The van der Waals surface area contributed by atoms with E-state index in [2.05, 4.69) is 5.32 Å². The molecule has 0 saturated heterocycles. The number of carbonyl (C=O) groups is 1. The number of carbonyl (C=O) groups excluding carboxylic acids is 1. The Morgan fingerprint density at radius 1 is 1.06 bits per heavy atom. The van der Waals surface area contributed by atoms with Crippen molar-refractivity contribution < 1.29 is 28.2 Å². The van der Waals surface area contributed by atoms with E-state index in [0.717, 1.165) is 25.2 Å². The van der Waals surface area contributed by atoms with Crippen molar-refractivity contribution in [2.75, 3.05) is 11.4 Å². The first-order valence-electron chi connectivity index (χ1n) is 11.3. The van der Waals surface area contributed by atoms with E-state index in [9.17, 15) is 28.2 Å². The third-order valence-corrected chi connectivity index (χ3v) is 7.80. The Balaban J connectivity index is 1.47. The summed E-state index contributed by atoms with van der Waals surface area (Å²) >= 11 is 0. The molecular formula is C23H31F3N2O3. The first kappa shape index (κ1) is 22.2. The zero-order valence-corrected chi connectivity index (χ0v) is 17.6. The van der Waals surface area contributed by atoms with Crippen LogP contribution < -0.4 is 10.2 Å². The van der Waals surface area contributed by atoms with E-state index in [1.54, 1.807) is 29.2 Å². The summed E-state index contributed by atoms with van der Waals surface area (Å²) < 4.78 is 39.2. The quantitative estimate of drug-likeness (QED) is 0.609. The fourth-order valence-electron chi connectivity index (χ4n) is 5.63. The number of rotatable bonds is 4. The van der Waals surface area contributed by atoms with E-state index in [0.29, 0.717) is 12.2 Å². The topological polar surface area (TPSA) is 72.8 Å². The predicted molar refractivity (Wildman–Crippen MR) is 111 cm³/mol. The lowest BCUT2D eigenvalue weighted by Crippen LogP contribution is -2.54. The summed E-state index contributed by atoms with van der Waals surface area (Å²) in [6.45, 7) is 0.536. The van der Waals surface area contributed by atoms with E-state index in [4.69, 9.17) is 0 Å². The first-order chi connectivity index (χ1) is 14.6. The molecule has 0 spiro atoms. The van der Waals surface area contributed by atoms with Gasteiger partial charge in [0.25, 0.3) is 0 Å². The molecule has 2 amide bonds. The molecule has 5 rings (SSSR count). The summed E-state index contributed by atoms with van der Waals surface area (Å²) in [5, 5.41) is 22.7. The molecule has 4 aliphatic carbocycles. The molecule has 2 bridgehead atoms. The molecule has 0 unspecified atom stereocenters. The van der Waals surface area contributed by atoms with Gasteiger partial charge < -0.3 is 15.5 Å².